The van der Waals surface area contributed by atoms with Crippen LogP contribution in [0.15, 0.2) is 9.98 Å². The maximum atomic E-state index is 10.1. The normalized spacial score (nSPS) is 11.2. The molecule has 0 amide bonds. The lowest BCUT2D eigenvalue weighted by Gasteiger charge is -2.07. The molecular formula is C10H16N2O2. The average molecular weight is 196 g/mol. The van der Waals surface area contributed by atoms with Crippen LogP contribution in [-0.2, 0) is 9.59 Å². The van der Waals surface area contributed by atoms with Gasteiger partial charge < -0.3 is 0 Å². The van der Waals surface area contributed by atoms with Crippen molar-refractivity contribution in [1.82, 2.24) is 0 Å². The Morgan fingerprint density at radius 3 is 2.43 bits per heavy atom. The Hall–Kier alpha value is -1.24. The van der Waals surface area contributed by atoms with E-state index in [0.717, 1.165) is 32.1 Å². The first-order chi connectivity index (χ1) is 6.85. The van der Waals surface area contributed by atoms with Gasteiger partial charge in [0, 0.05) is 0 Å². The summed E-state index contributed by atoms with van der Waals surface area (Å²) in [5.41, 5.74) is 0. The minimum absolute atomic E-state index is 0.0503. The van der Waals surface area contributed by atoms with Crippen molar-refractivity contribution < 1.29 is 9.59 Å². The molecule has 4 heteroatoms. The van der Waals surface area contributed by atoms with Crippen molar-refractivity contribution in [3.05, 3.63) is 0 Å². The monoisotopic (exact) mass is 196 g/mol. The zero-order valence-electron chi connectivity index (χ0n) is 8.53. The molecule has 0 aliphatic carbocycles. The molecule has 0 saturated heterocycles. The number of isocyanates is 2. The Bertz CT molecular complexity index is 228. The first kappa shape index (κ1) is 12.8. The second-order valence-electron chi connectivity index (χ2n) is 3.13. The van der Waals surface area contributed by atoms with E-state index in [1.807, 2.05) is 0 Å². The number of carbonyl (C=O) groups excluding carboxylic acids is 2. The highest BCUT2D eigenvalue weighted by molar-refractivity contribution is 5.33. The van der Waals surface area contributed by atoms with Gasteiger partial charge in [0.1, 0.15) is 0 Å². The van der Waals surface area contributed by atoms with E-state index in [9.17, 15) is 9.59 Å². The van der Waals surface area contributed by atoms with Gasteiger partial charge >= 0.3 is 0 Å². The van der Waals surface area contributed by atoms with Gasteiger partial charge in [0.2, 0.25) is 12.2 Å². The van der Waals surface area contributed by atoms with Gasteiger partial charge in [0.15, 0.2) is 0 Å². The van der Waals surface area contributed by atoms with Crippen LogP contribution in [0.25, 0.3) is 0 Å². The SMILES string of the molecule is CCCCC(CCCN=C=O)N=C=O. The van der Waals surface area contributed by atoms with Gasteiger partial charge in [0.05, 0.1) is 12.6 Å². The molecule has 0 aromatic rings. The lowest BCUT2D eigenvalue weighted by Crippen LogP contribution is -2.04. The van der Waals surface area contributed by atoms with Crippen LogP contribution in [0.1, 0.15) is 39.0 Å². The third-order valence-electron chi connectivity index (χ3n) is 2.00. The van der Waals surface area contributed by atoms with Gasteiger partial charge in [-0.25, -0.2) is 19.6 Å². The first-order valence-electron chi connectivity index (χ1n) is 4.95. The fourth-order valence-electron chi connectivity index (χ4n) is 1.24. The van der Waals surface area contributed by atoms with Gasteiger partial charge in [0.25, 0.3) is 0 Å². The Morgan fingerprint density at radius 2 is 1.86 bits per heavy atom. The van der Waals surface area contributed by atoms with Crippen molar-refractivity contribution in [3.8, 4) is 0 Å². The van der Waals surface area contributed by atoms with Crippen molar-refractivity contribution in [3.63, 3.8) is 0 Å². The smallest absolute Gasteiger partial charge is 0.211 e. The zero-order chi connectivity index (χ0) is 10.6. The highest BCUT2D eigenvalue weighted by Crippen LogP contribution is 2.10. The first-order valence-corrected chi connectivity index (χ1v) is 4.95. The van der Waals surface area contributed by atoms with Crippen LogP contribution < -0.4 is 0 Å². The largest absolute Gasteiger partial charge is 0.235 e. The second-order valence-corrected chi connectivity index (χ2v) is 3.13. The molecule has 78 valence electrons. The van der Waals surface area contributed by atoms with Crippen LogP contribution in [0, 0.1) is 0 Å². The molecule has 0 aliphatic heterocycles. The van der Waals surface area contributed by atoms with E-state index in [-0.39, 0.29) is 6.04 Å². The number of rotatable bonds is 8. The van der Waals surface area contributed by atoms with Gasteiger partial charge in [-0.2, -0.15) is 0 Å². The van der Waals surface area contributed by atoms with Crippen LogP contribution >= 0.6 is 0 Å². The summed E-state index contributed by atoms with van der Waals surface area (Å²) in [6.45, 7) is 2.57. The summed E-state index contributed by atoms with van der Waals surface area (Å²) in [4.78, 5) is 27.0. The summed E-state index contributed by atoms with van der Waals surface area (Å²) in [6.07, 6.45) is 7.70. The number of hydrogen-bond acceptors (Lipinski definition) is 4. The molecule has 0 heterocycles. The lowest BCUT2D eigenvalue weighted by atomic mass is 10.1. The van der Waals surface area contributed by atoms with Crippen molar-refractivity contribution in [2.75, 3.05) is 6.54 Å². The predicted molar refractivity (Wildman–Crippen MR) is 53.7 cm³/mol. The molecule has 4 nitrogen and oxygen atoms in total. The van der Waals surface area contributed by atoms with Gasteiger partial charge in [-0.05, 0) is 19.3 Å². The molecule has 1 atom stereocenters. The second kappa shape index (κ2) is 9.85. The molecule has 0 rings (SSSR count). The molecule has 0 N–H and O–H groups in total. The molecule has 0 radical (unpaired) electrons. The quantitative estimate of drug-likeness (QED) is 0.338. The number of unbranched alkanes of at least 4 members (excludes halogenated alkanes) is 1. The molecule has 0 fully saturated rings. The Kier molecular flexibility index (Phi) is 8.97. The van der Waals surface area contributed by atoms with Crippen molar-refractivity contribution >= 4 is 12.2 Å². The molecule has 0 saturated carbocycles. The molecule has 0 aliphatic rings. The number of hydrogen-bond donors (Lipinski definition) is 0. The summed E-state index contributed by atoms with van der Waals surface area (Å²) in [6, 6.07) is 0.0503. The molecule has 0 aromatic heterocycles. The minimum atomic E-state index is 0.0503. The van der Waals surface area contributed by atoms with Gasteiger partial charge in [-0.3, -0.25) is 0 Å². The molecule has 0 bridgehead atoms. The van der Waals surface area contributed by atoms with Crippen molar-refractivity contribution in [2.45, 2.75) is 45.1 Å². The van der Waals surface area contributed by atoms with E-state index in [1.165, 1.54) is 6.08 Å². The third-order valence-corrected chi connectivity index (χ3v) is 2.00. The van der Waals surface area contributed by atoms with Crippen LogP contribution in [0.2, 0.25) is 0 Å². The summed E-state index contributed by atoms with van der Waals surface area (Å²) in [7, 11) is 0. The Labute approximate surface area is 84.1 Å². The van der Waals surface area contributed by atoms with Gasteiger partial charge in [-0.15, -0.1) is 0 Å². The molecule has 14 heavy (non-hydrogen) atoms. The summed E-state index contributed by atoms with van der Waals surface area (Å²) in [5.74, 6) is 0. The van der Waals surface area contributed by atoms with Crippen molar-refractivity contribution in [2.24, 2.45) is 9.98 Å². The lowest BCUT2D eigenvalue weighted by molar-refractivity contribution is 0.512. The maximum absolute atomic E-state index is 10.1. The number of nitrogens with zero attached hydrogens (tertiary/aromatic N) is 2. The third kappa shape index (κ3) is 7.41. The standard InChI is InChI=1S/C10H16N2O2/c1-2-3-5-10(12-9-14)6-4-7-11-8-13/h10H,2-7H2,1H3. The molecule has 0 spiro atoms. The number of aliphatic imine (C=N–C) groups is 2. The fourth-order valence-corrected chi connectivity index (χ4v) is 1.24. The highest BCUT2D eigenvalue weighted by atomic mass is 16.1. The van der Waals surface area contributed by atoms with E-state index >= 15 is 0 Å². The maximum Gasteiger partial charge on any atom is 0.235 e. The average Bonchev–Trinajstić information content (AvgIpc) is 2.20. The predicted octanol–water partition coefficient (Wildman–Crippen LogP) is 2.00. The molecule has 0 aromatic carbocycles. The van der Waals surface area contributed by atoms with Gasteiger partial charge in [-0.1, -0.05) is 19.8 Å². The Balaban J connectivity index is 3.71. The molecule has 1 unspecified atom stereocenters. The Morgan fingerprint density at radius 1 is 1.14 bits per heavy atom. The molecular weight excluding hydrogens is 180 g/mol. The van der Waals surface area contributed by atoms with E-state index < -0.39 is 0 Å². The van der Waals surface area contributed by atoms with E-state index in [4.69, 9.17) is 0 Å². The minimum Gasteiger partial charge on any atom is -0.211 e. The van der Waals surface area contributed by atoms with Crippen LogP contribution in [0.3, 0.4) is 0 Å². The van der Waals surface area contributed by atoms with Crippen LogP contribution in [0.4, 0.5) is 0 Å². The van der Waals surface area contributed by atoms with Crippen LogP contribution in [0.5, 0.6) is 0 Å². The summed E-state index contributed by atoms with van der Waals surface area (Å²) < 4.78 is 0. The van der Waals surface area contributed by atoms with E-state index in [0.29, 0.717) is 6.54 Å². The van der Waals surface area contributed by atoms with E-state index in [2.05, 4.69) is 16.9 Å². The topological polar surface area (TPSA) is 58.9 Å². The highest BCUT2D eigenvalue weighted by Gasteiger charge is 2.05. The van der Waals surface area contributed by atoms with Crippen LogP contribution in [-0.4, -0.2) is 24.7 Å². The zero-order valence-corrected chi connectivity index (χ0v) is 8.53. The van der Waals surface area contributed by atoms with E-state index in [1.54, 1.807) is 6.08 Å². The summed E-state index contributed by atoms with van der Waals surface area (Å²) in [5, 5.41) is 0. The summed E-state index contributed by atoms with van der Waals surface area (Å²) >= 11 is 0. The fraction of sp³-hybridized carbons (Fsp3) is 0.800. The van der Waals surface area contributed by atoms with Crippen molar-refractivity contribution in [1.29, 1.82) is 0 Å².